The predicted octanol–water partition coefficient (Wildman–Crippen LogP) is 2.51. The molecule has 3 aromatic heterocycles. The lowest BCUT2D eigenvalue weighted by molar-refractivity contribution is 0.0730. The molecule has 0 radical (unpaired) electrons. The molecule has 0 atom stereocenters. The van der Waals surface area contributed by atoms with E-state index < -0.39 is 10.0 Å². The Morgan fingerprint density at radius 3 is 2.77 bits per heavy atom. The van der Waals surface area contributed by atoms with Crippen molar-refractivity contribution in [3.05, 3.63) is 45.4 Å². The number of sulfonamides is 1. The van der Waals surface area contributed by atoms with Crippen molar-refractivity contribution in [3.63, 3.8) is 0 Å². The molecule has 1 amide bonds. The monoisotopic (exact) mass is 480 g/mol. The van der Waals surface area contributed by atoms with Crippen LogP contribution < -0.4 is 5.32 Å². The first kappa shape index (κ1) is 22.2. The Kier molecular flexibility index (Phi) is 6.58. The number of amides is 1. The highest BCUT2D eigenvalue weighted by Gasteiger charge is 2.28. The van der Waals surface area contributed by atoms with Gasteiger partial charge in [-0.3, -0.25) is 4.79 Å². The van der Waals surface area contributed by atoms with Crippen LogP contribution in [-0.2, 0) is 28.2 Å². The van der Waals surface area contributed by atoms with E-state index in [4.69, 9.17) is 4.74 Å². The fourth-order valence-corrected chi connectivity index (χ4v) is 6.49. The number of nitrogens with zero attached hydrogens (tertiary/aromatic N) is 3. The van der Waals surface area contributed by atoms with Gasteiger partial charge in [-0.15, -0.1) is 22.7 Å². The van der Waals surface area contributed by atoms with Crippen LogP contribution in [-0.4, -0.2) is 61.0 Å². The zero-order valence-corrected chi connectivity index (χ0v) is 19.8. The zero-order chi connectivity index (χ0) is 22.0. The number of ether oxygens (including phenoxy) is 1. The highest BCUT2D eigenvalue weighted by molar-refractivity contribution is 7.89. The van der Waals surface area contributed by atoms with Gasteiger partial charge in [0.25, 0.3) is 5.91 Å². The van der Waals surface area contributed by atoms with E-state index in [9.17, 15) is 13.2 Å². The molecule has 8 nitrogen and oxygen atoms in total. The topological polar surface area (TPSA) is 93.5 Å². The highest BCUT2D eigenvalue weighted by atomic mass is 32.2. The largest absolute Gasteiger partial charge is 0.379 e. The Hall–Kier alpha value is -2.05. The summed E-state index contributed by atoms with van der Waals surface area (Å²) in [4.78, 5) is 19.5. The second kappa shape index (κ2) is 9.21. The molecule has 1 aliphatic rings. The van der Waals surface area contributed by atoms with Crippen LogP contribution in [0.5, 0.6) is 0 Å². The third-order valence-corrected chi connectivity index (χ3v) is 8.82. The lowest BCUT2D eigenvalue weighted by Crippen LogP contribution is -2.40. The number of nitrogens with one attached hydrogen (secondary N) is 1. The average molecular weight is 481 g/mol. The van der Waals surface area contributed by atoms with Crippen LogP contribution in [0.25, 0.3) is 10.6 Å². The number of morpholine rings is 1. The highest BCUT2D eigenvalue weighted by Crippen LogP contribution is 2.29. The van der Waals surface area contributed by atoms with E-state index in [-0.39, 0.29) is 10.8 Å². The number of carbonyl (C=O) groups is 1. The molecule has 1 saturated heterocycles. The lowest BCUT2D eigenvalue weighted by atomic mass is 10.3. The summed E-state index contributed by atoms with van der Waals surface area (Å²) in [5, 5.41) is 5.97. The van der Waals surface area contributed by atoms with Crippen molar-refractivity contribution in [2.24, 2.45) is 7.05 Å². The van der Waals surface area contributed by atoms with Crippen LogP contribution in [0.2, 0.25) is 0 Å². The van der Waals surface area contributed by atoms with Crippen LogP contribution in [0.4, 0.5) is 0 Å². The third kappa shape index (κ3) is 4.90. The summed E-state index contributed by atoms with van der Waals surface area (Å²) in [6.45, 7) is 3.85. The number of thiophene rings is 1. The van der Waals surface area contributed by atoms with E-state index in [0.29, 0.717) is 45.0 Å². The van der Waals surface area contributed by atoms with Gasteiger partial charge in [0, 0.05) is 43.1 Å². The maximum atomic E-state index is 12.8. The minimum Gasteiger partial charge on any atom is -0.379 e. The molecule has 1 N–H and O–H groups in total. The van der Waals surface area contributed by atoms with Crippen molar-refractivity contribution >= 4 is 38.6 Å². The molecule has 1 aliphatic heterocycles. The molecule has 0 saturated carbocycles. The maximum Gasteiger partial charge on any atom is 0.267 e. The van der Waals surface area contributed by atoms with E-state index in [1.165, 1.54) is 16.6 Å². The van der Waals surface area contributed by atoms with Gasteiger partial charge in [-0.2, -0.15) is 4.31 Å². The Morgan fingerprint density at radius 2 is 2.06 bits per heavy atom. The number of thiazole rings is 1. The van der Waals surface area contributed by atoms with Gasteiger partial charge in [-0.05, 0) is 31.5 Å². The van der Waals surface area contributed by atoms with Crippen molar-refractivity contribution in [3.8, 4) is 10.6 Å². The number of hydrogen-bond donors (Lipinski definition) is 1. The molecule has 166 valence electrons. The van der Waals surface area contributed by atoms with Crippen LogP contribution >= 0.6 is 22.7 Å². The van der Waals surface area contributed by atoms with Crippen molar-refractivity contribution < 1.29 is 17.9 Å². The molecular formula is C20H24N4O4S3. The average Bonchev–Trinajstić information content (AvgIpc) is 3.48. The van der Waals surface area contributed by atoms with Gasteiger partial charge in [0.2, 0.25) is 10.0 Å². The third-order valence-electron chi connectivity index (χ3n) is 5.01. The summed E-state index contributed by atoms with van der Waals surface area (Å²) in [5.41, 5.74) is 1.30. The first-order valence-electron chi connectivity index (χ1n) is 9.88. The molecule has 4 heterocycles. The van der Waals surface area contributed by atoms with Crippen LogP contribution in [0.1, 0.15) is 20.4 Å². The summed E-state index contributed by atoms with van der Waals surface area (Å²) in [6, 6.07) is 5.54. The van der Waals surface area contributed by atoms with E-state index in [1.54, 1.807) is 34.3 Å². The van der Waals surface area contributed by atoms with Crippen LogP contribution in [0.3, 0.4) is 0 Å². The molecule has 31 heavy (non-hydrogen) atoms. The predicted molar refractivity (Wildman–Crippen MR) is 121 cm³/mol. The van der Waals surface area contributed by atoms with E-state index in [2.05, 4.69) is 22.4 Å². The van der Waals surface area contributed by atoms with E-state index in [0.717, 1.165) is 20.5 Å². The first-order chi connectivity index (χ1) is 14.8. The second-order valence-electron chi connectivity index (χ2n) is 7.21. The standard InChI is InChI=1S/C20H24N4O4S3/c1-14-22-17(13-29-14)19-4-3-15(30-19)5-6-21-20(25)18-11-16(12-23(18)2)31(26,27)24-7-9-28-10-8-24/h3-4,11-13H,5-10H2,1-2H3,(H,21,25). The quantitative estimate of drug-likeness (QED) is 0.561. The fourth-order valence-electron chi connectivity index (χ4n) is 3.35. The smallest absolute Gasteiger partial charge is 0.267 e. The van der Waals surface area contributed by atoms with Crippen molar-refractivity contribution in [1.29, 1.82) is 0 Å². The van der Waals surface area contributed by atoms with Gasteiger partial charge >= 0.3 is 0 Å². The molecule has 1 fully saturated rings. The molecule has 11 heteroatoms. The molecule has 0 aromatic carbocycles. The number of hydrogen-bond acceptors (Lipinski definition) is 7. The molecule has 3 aromatic rings. The molecule has 4 rings (SSSR count). The zero-order valence-electron chi connectivity index (χ0n) is 17.3. The summed E-state index contributed by atoms with van der Waals surface area (Å²) in [5.74, 6) is -0.294. The normalized spacial score (nSPS) is 15.3. The number of aromatic nitrogens is 2. The van der Waals surface area contributed by atoms with Crippen molar-refractivity contribution in [2.75, 3.05) is 32.8 Å². The molecule has 0 aliphatic carbocycles. The molecule has 0 bridgehead atoms. The lowest BCUT2D eigenvalue weighted by Gasteiger charge is -2.25. The number of aryl methyl sites for hydroxylation is 2. The number of rotatable bonds is 7. The maximum absolute atomic E-state index is 12.8. The van der Waals surface area contributed by atoms with E-state index >= 15 is 0 Å². The Labute approximate surface area is 189 Å². The summed E-state index contributed by atoms with van der Waals surface area (Å²) >= 11 is 3.29. The van der Waals surface area contributed by atoms with Gasteiger partial charge < -0.3 is 14.6 Å². The Balaban J connectivity index is 1.36. The van der Waals surface area contributed by atoms with Crippen molar-refractivity contribution in [2.45, 2.75) is 18.2 Å². The van der Waals surface area contributed by atoms with Crippen LogP contribution in [0.15, 0.2) is 34.7 Å². The molecule has 0 unspecified atom stereocenters. The minimum absolute atomic E-state index is 0.128. The van der Waals surface area contributed by atoms with E-state index in [1.807, 2.05) is 12.3 Å². The molecular weight excluding hydrogens is 456 g/mol. The Morgan fingerprint density at radius 1 is 1.29 bits per heavy atom. The SMILES string of the molecule is Cc1nc(-c2ccc(CCNC(=O)c3cc(S(=O)(=O)N4CCOCC4)cn3C)s2)cs1. The van der Waals surface area contributed by atoms with Gasteiger partial charge in [0.05, 0.1) is 28.8 Å². The summed E-state index contributed by atoms with van der Waals surface area (Å²) in [6.07, 6.45) is 2.18. The fraction of sp³-hybridized carbons (Fsp3) is 0.400. The Bertz CT molecular complexity index is 1170. The summed E-state index contributed by atoms with van der Waals surface area (Å²) < 4.78 is 33.8. The van der Waals surface area contributed by atoms with Crippen LogP contribution in [0, 0.1) is 6.92 Å². The van der Waals surface area contributed by atoms with Gasteiger partial charge in [0.15, 0.2) is 0 Å². The molecule has 0 spiro atoms. The second-order valence-corrected chi connectivity index (χ2v) is 11.4. The summed E-state index contributed by atoms with van der Waals surface area (Å²) in [7, 11) is -1.96. The minimum atomic E-state index is -3.63. The van der Waals surface area contributed by atoms with Crippen molar-refractivity contribution in [1.82, 2.24) is 19.2 Å². The first-order valence-corrected chi connectivity index (χ1v) is 13.0. The number of carbonyl (C=O) groups excluding carboxylic acids is 1. The van der Waals surface area contributed by atoms with Gasteiger partial charge in [-0.25, -0.2) is 13.4 Å². The van der Waals surface area contributed by atoms with Gasteiger partial charge in [0.1, 0.15) is 10.6 Å². The van der Waals surface area contributed by atoms with Gasteiger partial charge in [-0.1, -0.05) is 0 Å².